The second-order valence-electron chi connectivity index (χ2n) is 12.1. The SMILES string of the molecule is Nc1nc2c(c(=O)[nH]1)N1CN(c3ccc(C(=O)NC(CCC(=O)O)C(=O)O)cc3)CC1CN2.O=c1ccn([C@H]2C[C@H](O)[C@@H](COP(=O)(O)O)O2)c(=O)[nH]1. The van der Waals surface area contributed by atoms with Crippen molar-refractivity contribution in [1.29, 1.82) is 0 Å². The number of aromatic amines is 2. The molecule has 5 atom stereocenters. The van der Waals surface area contributed by atoms with Crippen LogP contribution in [-0.4, -0.2) is 113 Å². The van der Waals surface area contributed by atoms with Gasteiger partial charge in [0.25, 0.3) is 17.0 Å². The number of aliphatic hydroxyl groups excluding tert-OH is 1. The molecule has 286 valence electrons. The average Bonchev–Trinajstić information content (AvgIpc) is 3.68. The van der Waals surface area contributed by atoms with E-state index in [9.17, 15) is 43.5 Å². The van der Waals surface area contributed by atoms with Crippen LogP contribution >= 0.6 is 7.82 Å². The molecule has 3 aromatic rings. The third kappa shape index (κ3) is 9.65. The Bertz CT molecular complexity index is 2070. The molecule has 3 aliphatic rings. The number of fused-ring (bicyclic) bond motifs is 3. The van der Waals surface area contributed by atoms with Crippen molar-refractivity contribution in [2.45, 2.75) is 49.8 Å². The molecule has 5 heterocycles. The lowest BCUT2D eigenvalue weighted by Crippen LogP contribution is -2.44. The van der Waals surface area contributed by atoms with Gasteiger partial charge in [-0.25, -0.2) is 14.2 Å². The monoisotopic (exact) mass is 765 g/mol. The number of carboxylic acid groups (broad SMARTS) is 2. The van der Waals surface area contributed by atoms with Gasteiger partial charge < -0.3 is 56.0 Å². The number of rotatable bonds is 11. The number of amides is 1. The fourth-order valence-corrected chi connectivity index (χ4v) is 6.21. The highest BCUT2D eigenvalue weighted by molar-refractivity contribution is 7.46. The summed E-state index contributed by atoms with van der Waals surface area (Å²) >= 11 is 0. The zero-order chi connectivity index (χ0) is 38.6. The Morgan fingerprint density at radius 2 is 1.83 bits per heavy atom. The number of hydrogen-bond acceptors (Lipinski definition) is 15. The Kier molecular flexibility index (Phi) is 11.6. The number of benzene rings is 1. The predicted molar refractivity (Wildman–Crippen MR) is 182 cm³/mol. The van der Waals surface area contributed by atoms with Gasteiger partial charge in [-0.3, -0.25) is 38.2 Å². The Morgan fingerprint density at radius 3 is 2.47 bits per heavy atom. The lowest BCUT2D eigenvalue weighted by Gasteiger charge is -2.31. The van der Waals surface area contributed by atoms with Gasteiger partial charge in [0.15, 0.2) is 5.82 Å². The minimum Gasteiger partial charge on any atom is -0.481 e. The number of nitrogens with two attached hydrogens (primary N) is 1. The number of hydrogen-bond donors (Lipinski definition) is 10. The largest absolute Gasteiger partial charge is 0.481 e. The van der Waals surface area contributed by atoms with Crippen molar-refractivity contribution >= 4 is 48.8 Å². The van der Waals surface area contributed by atoms with Gasteiger partial charge >= 0.3 is 25.5 Å². The highest BCUT2D eigenvalue weighted by atomic mass is 31.2. The average molecular weight is 766 g/mol. The first-order valence-corrected chi connectivity index (χ1v) is 17.4. The molecule has 11 N–H and O–H groups in total. The zero-order valence-corrected chi connectivity index (χ0v) is 28.4. The maximum Gasteiger partial charge on any atom is 0.469 e. The zero-order valence-electron chi connectivity index (χ0n) is 27.5. The molecule has 0 bridgehead atoms. The summed E-state index contributed by atoms with van der Waals surface area (Å²) in [6, 6.07) is 6.48. The Morgan fingerprint density at radius 1 is 1.11 bits per heavy atom. The lowest BCUT2D eigenvalue weighted by atomic mass is 10.1. The van der Waals surface area contributed by atoms with E-state index in [0.29, 0.717) is 31.3 Å². The standard InChI is InChI=1S/C20H23N7O6.C9H13N2O8P/c21-20-24-16-15(18(31)25-20)27-9-26(8-12(27)7-22-16)11-3-1-10(2-4-11)17(30)23-13(19(32)33)5-6-14(28)29;12-5-3-8(11-2-1-7(13)10-9(11)14)19-6(5)4-18-20(15,16)17/h1-4,12-13H,5-9H2,(H,23,30)(H,28,29)(H,32,33)(H4,21,22,24,25,31);1-2,5-6,8,12H,3-4H2,(H,10,13,14)(H2,15,16,17)/t;5-,6+,8+/m.0/s1. The van der Waals surface area contributed by atoms with Crippen LogP contribution in [-0.2, 0) is 23.4 Å². The van der Waals surface area contributed by atoms with E-state index in [0.717, 1.165) is 16.3 Å². The second-order valence-corrected chi connectivity index (χ2v) is 13.3. The minimum atomic E-state index is -4.66. The number of carbonyl (C=O) groups is 3. The maximum absolute atomic E-state index is 12.4. The first-order valence-electron chi connectivity index (χ1n) is 15.8. The Hall–Kier alpha value is -5.58. The molecule has 53 heavy (non-hydrogen) atoms. The number of nitrogens with zero attached hydrogens (tertiary/aromatic N) is 4. The van der Waals surface area contributed by atoms with Crippen molar-refractivity contribution in [2.75, 3.05) is 47.2 Å². The van der Waals surface area contributed by atoms with E-state index < -0.39 is 68.0 Å². The van der Waals surface area contributed by atoms with Crippen LogP contribution in [0.15, 0.2) is 50.9 Å². The first kappa shape index (κ1) is 38.6. The smallest absolute Gasteiger partial charge is 0.469 e. The second kappa shape index (κ2) is 16.0. The number of aliphatic carboxylic acids is 2. The molecule has 0 saturated carbocycles. The quantitative estimate of drug-likeness (QED) is 0.0923. The lowest BCUT2D eigenvalue weighted by molar-refractivity contribution is -0.140. The summed E-state index contributed by atoms with van der Waals surface area (Å²) in [7, 11) is -4.66. The number of carbonyl (C=O) groups excluding carboxylic acids is 1. The number of aromatic nitrogens is 4. The van der Waals surface area contributed by atoms with Crippen LogP contribution in [0.3, 0.4) is 0 Å². The third-order valence-electron chi connectivity index (χ3n) is 8.42. The van der Waals surface area contributed by atoms with Crippen LogP contribution in [0.5, 0.6) is 0 Å². The molecule has 0 radical (unpaired) electrons. The number of ether oxygens (including phenoxy) is 1. The summed E-state index contributed by atoms with van der Waals surface area (Å²) in [5.41, 5.74) is 5.54. The van der Waals surface area contributed by atoms with Gasteiger partial charge in [-0.1, -0.05) is 0 Å². The van der Waals surface area contributed by atoms with E-state index in [1.165, 1.54) is 6.20 Å². The van der Waals surface area contributed by atoms with Crippen LogP contribution < -0.4 is 43.0 Å². The Labute approximate surface area is 297 Å². The summed E-state index contributed by atoms with van der Waals surface area (Å²) in [5, 5.41) is 33.2. The molecule has 2 saturated heterocycles. The van der Waals surface area contributed by atoms with Gasteiger partial charge in [-0.2, -0.15) is 4.98 Å². The topological polar surface area (TPSA) is 345 Å². The van der Waals surface area contributed by atoms with Crippen molar-refractivity contribution in [3.05, 3.63) is 73.3 Å². The minimum absolute atomic E-state index is 0.0289. The molecular formula is C29H36N9O14P. The molecule has 6 rings (SSSR count). The molecule has 1 aromatic carbocycles. The summed E-state index contributed by atoms with van der Waals surface area (Å²) in [6.07, 6.45) is -2.22. The molecule has 23 nitrogen and oxygen atoms in total. The van der Waals surface area contributed by atoms with Crippen molar-refractivity contribution in [2.24, 2.45) is 0 Å². The van der Waals surface area contributed by atoms with Crippen LogP contribution in [0.1, 0.15) is 35.8 Å². The Balaban J connectivity index is 0.000000231. The number of nitrogens with one attached hydrogen (secondary N) is 4. The van der Waals surface area contributed by atoms with Crippen molar-refractivity contribution in [3.8, 4) is 0 Å². The van der Waals surface area contributed by atoms with Crippen LogP contribution in [0.2, 0.25) is 0 Å². The van der Waals surface area contributed by atoms with E-state index >= 15 is 0 Å². The molecule has 3 aliphatic heterocycles. The molecule has 0 aliphatic carbocycles. The van der Waals surface area contributed by atoms with E-state index in [1.54, 1.807) is 24.3 Å². The van der Waals surface area contributed by atoms with Gasteiger partial charge in [0.05, 0.1) is 25.4 Å². The molecule has 2 unspecified atom stereocenters. The number of H-pyrrole nitrogens is 2. The third-order valence-corrected chi connectivity index (χ3v) is 8.90. The van der Waals surface area contributed by atoms with Crippen molar-refractivity contribution in [3.63, 3.8) is 0 Å². The molecule has 24 heteroatoms. The van der Waals surface area contributed by atoms with E-state index in [1.807, 2.05) is 14.8 Å². The van der Waals surface area contributed by atoms with E-state index in [-0.39, 0.29) is 42.4 Å². The van der Waals surface area contributed by atoms with Gasteiger partial charge in [-0.05, 0) is 30.7 Å². The normalized spacial score (nSPS) is 21.0. The number of carboxylic acids is 2. The highest BCUT2D eigenvalue weighted by Gasteiger charge is 2.38. The molecule has 0 spiro atoms. The van der Waals surface area contributed by atoms with Crippen molar-refractivity contribution < 1.29 is 53.3 Å². The van der Waals surface area contributed by atoms with Crippen LogP contribution in [0.25, 0.3) is 0 Å². The van der Waals surface area contributed by atoms with Crippen LogP contribution in [0.4, 0.5) is 23.1 Å². The highest BCUT2D eigenvalue weighted by Crippen LogP contribution is 2.38. The predicted octanol–water partition coefficient (Wildman–Crippen LogP) is -2.23. The number of phosphoric acid groups is 1. The summed E-state index contributed by atoms with van der Waals surface area (Å²) in [5.74, 6) is -2.55. The fraction of sp³-hybridized carbons (Fsp3) is 0.414. The first-order chi connectivity index (χ1) is 25.0. The summed E-state index contributed by atoms with van der Waals surface area (Å²) < 4.78 is 21.2. The van der Waals surface area contributed by atoms with E-state index in [4.69, 9.17) is 25.4 Å². The van der Waals surface area contributed by atoms with Gasteiger partial charge in [-0.15, -0.1) is 0 Å². The molecule has 1 amide bonds. The summed E-state index contributed by atoms with van der Waals surface area (Å²) in [6.45, 7) is 1.15. The number of aliphatic hydroxyl groups is 1. The summed E-state index contributed by atoms with van der Waals surface area (Å²) in [4.78, 5) is 99.2. The molecular weight excluding hydrogens is 729 g/mol. The molecule has 2 aromatic heterocycles. The number of nitrogen functional groups attached to an aromatic ring is 1. The number of phosphoric ester groups is 1. The maximum atomic E-state index is 12.4. The van der Waals surface area contributed by atoms with Gasteiger partial charge in [0.2, 0.25) is 5.95 Å². The molecule has 2 fully saturated rings. The number of anilines is 4. The van der Waals surface area contributed by atoms with E-state index in [2.05, 4.69) is 25.1 Å². The fourth-order valence-electron chi connectivity index (χ4n) is 5.86. The van der Waals surface area contributed by atoms with Gasteiger partial charge in [0.1, 0.15) is 24.1 Å². The van der Waals surface area contributed by atoms with Gasteiger partial charge in [0, 0.05) is 49.4 Å². The van der Waals surface area contributed by atoms with Crippen molar-refractivity contribution in [1.82, 2.24) is 24.8 Å². The van der Waals surface area contributed by atoms with Crippen LogP contribution in [0, 0.1) is 0 Å².